The number of ketones is 1. The van der Waals surface area contributed by atoms with E-state index in [4.69, 9.17) is 0 Å². The number of hydrogen-bond donors (Lipinski definition) is 1. The van der Waals surface area contributed by atoms with Crippen LogP contribution in [0.15, 0.2) is 54.4 Å². The van der Waals surface area contributed by atoms with E-state index in [9.17, 15) is 4.79 Å². The highest BCUT2D eigenvalue weighted by atomic mass is 16.1. The first-order valence-electron chi connectivity index (χ1n) is 7.09. The molecule has 106 valence electrons. The van der Waals surface area contributed by atoms with Crippen molar-refractivity contribution in [3.8, 4) is 0 Å². The molecule has 21 heavy (non-hydrogen) atoms. The standard InChI is InChI=1S/C17H17N3O/c21-17-13(9-15-5-1-3-7-19-15)11-18-12-14(17)10-16-6-2-4-8-20-16/h1-9,14,18H,10-12H2/b13-9+/t14-/m1/s1. The van der Waals surface area contributed by atoms with Crippen molar-refractivity contribution >= 4 is 11.9 Å². The SMILES string of the molecule is O=C1/C(=C/c2ccccn2)CNC[C@H]1Cc1ccccn1. The van der Waals surface area contributed by atoms with E-state index in [1.165, 1.54) is 0 Å². The van der Waals surface area contributed by atoms with E-state index in [0.29, 0.717) is 19.5 Å². The summed E-state index contributed by atoms with van der Waals surface area (Å²) < 4.78 is 0. The minimum atomic E-state index is -0.0522. The van der Waals surface area contributed by atoms with E-state index in [1.807, 2.05) is 42.5 Å². The first kappa shape index (κ1) is 13.6. The van der Waals surface area contributed by atoms with Gasteiger partial charge in [-0.1, -0.05) is 12.1 Å². The number of rotatable bonds is 3. The van der Waals surface area contributed by atoms with E-state index in [0.717, 1.165) is 17.0 Å². The van der Waals surface area contributed by atoms with Crippen molar-refractivity contribution in [1.29, 1.82) is 0 Å². The van der Waals surface area contributed by atoms with Crippen LogP contribution in [0, 0.1) is 5.92 Å². The molecule has 1 N–H and O–H groups in total. The Kier molecular flexibility index (Phi) is 4.17. The van der Waals surface area contributed by atoms with Crippen molar-refractivity contribution in [3.63, 3.8) is 0 Å². The van der Waals surface area contributed by atoms with Crippen LogP contribution in [0.5, 0.6) is 0 Å². The lowest BCUT2D eigenvalue weighted by molar-refractivity contribution is -0.119. The second-order valence-corrected chi connectivity index (χ2v) is 5.14. The molecule has 3 rings (SSSR count). The van der Waals surface area contributed by atoms with Crippen LogP contribution in [-0.2, 0) is 11.2 Å². The minimum absolute atomic E-state index is 0.0522. The van der Waals surface area contributed by atoms with Crippen molar-refractivity contribution in [2.24, 2.45) is 5.92 Å². The molecule has 1 fully saturated rings. The Bertz CT molecular complexity index is 638. The van der Waals surface area contributed by atoms with Crippen LogP contribution in [0.25, 0.3) is 6.08 Å². The number of carbonyl (C=O) groups excluding carboxylic acids is 1. The maximum Gasteiger partial charge on any atom is 0.164 e. The lowest BCUT2D eigenvalue weighted by Gasteiger charge is -2.23. The molecule has 0 aliphatic carbocycles. The average molecular weight is 279 g/mol. The highest BCUT2D eigenvalue weighted by Crippen LogP contribution is 2.17. The van der Waals surface area contributed by atoms with Crippen LogP contribution < -0.4 is 5.32 Å². The Morgan fingerprint density at radius 2 is 1.95 bits per heavy atom. The quantitative estimate of drug-likeness (QED) is 0.872. The summed E-state index contributed by atoms with van der Waals surface area (Å²) in [7, 11) is 0. The van der Waals surface area contributed by atoms with Gasteiger partial charge >= 0.3 is 0 Å². The van der Waals surface area contributed by atoms with Crippen molar-refractivity contribution < 1.29 is 4.79 Å². The molecule has 0 radical (unpaired) electrons. The number of carbonyl (C=O) groups is 1. The normalized spacial score (nSPS) is 20.7. The third-order valence-electron chi connectivity index (χ3n) is 3.59. The zero-order chi connectivity index (χ0) is 14.5. The van der Waals surface area contributed by atoms with Gasteiger partial charge in [-0.05, 0) is 30.3 Å². The Morgan fingerprint density at radius 1 is 1.14 bits per heavy atom. The van der Waals surface area contributed by atoms with Gasteiger partial charge in [0.05, 0.1) is 5.69 Å². The van der Waals surface area contributed by atoms with Crippen LogP contribution in [-0.4, -0.2) is 28.8 Å². The fourth-order valence-corrected chi connectivity index (χ4v) is 2.52. The van der Waals surface area contributed by atoms with Crippen LogP contribution in [0.3, 0.4) is 0 Å². The Labute approximate surface area is 123 Å². The van der Waals surface area contributed by atoms with Crippen LogP contribution in [0.1, 0.15) is 11.4 Å². The highest BCUT2D eigenvalue weighted by Gasteiger charge is 2.26. The molecule has 1 aliphatic rings. The molecule has 4 nitrogen and oxygen atoms in total. The molecule has 2 aromatic rings. The van der Waals surface area contributed by atoms with E-state index >= 15 is 0 Å². The summed E-state index contributed by atoms with van der Waals surface area (Å²) in [6.45, 7) is 1.31. The lowest BCUT2D eigenvalue weighted by atomic mass is 9.89. The monoisotopic (exact) mass is 279 g/mol. The summed E-state index contributed by atoms with van der Waals surface area (Å²) in [5, 5.41) is 3.31. The van der Waals surface area contributed by atoms with Crippen LogP contribution in [0.2, 0.25) is 0 Å². The van der Waals surface area contributed by atoms with Gasteiger partial charge in [-0.25, -0.2) is 0 Å². The van der Waals surface area contributed by atoms with Crippen LogP contribution >= 0.6 is 0 Å². The smallest absolute Gasteiger partial charge is 0.164 e. The summed E-state index contributed by atoms with van der Waals surface area (Å²) >= 11 is 0. The Hall–Kier alpha value is -2.33. The molecule has 0 spiro atoms. The van der Waals surface area contributed by atoms with E-state index in [2.05, 4.69) is 15.3 Å². The Morgan fingerprint density at radius 3 is 2.67 bits per heavy atom. The van der Waals surface area contributed by atoms with Gasteiger partial charge < -0.3 is 5.32 Å². The van der Waals surface area contributed by atoms with Gasteiger partial charge in [-0.15, -0.1) is 0 Å². The zero-order valence-electron chi connectivity index (χ0n) is 11.7. The largest absolute Gasteiger partial charge is 0.312 e. The summed E-state index contributed by atoms with van der Waals surface area (Å²) in [4.78, 5) is 21.1. The Balaban J connectivity index is 1.76. The van der Waals surface area contributed by atoms with Gasteiger partial charge in [0.2, 0.25) is 0 Å². The van der Waals surface area contributed by atoms with E-state index in [1.54, 1.807) is 12.4 Å². The average Bonchev–Trinajstić information content (AvgIpc) is 2.53. The first-order chi connectivity index (χ1) is 10.3. The number of piperidine rings is 1. The predicted molar refractivity (Wildman–Crippen MR) is 81.5 cm³/mol. The maximum atomic E-state index is 12.6. The van der Waals surface area contributed by atoms with Gasteiger partial charge in [-0.2, -0.15) is 0 Å². The second-order valence-electron chi connectivity index (χ2n) is 5.14. The third kappa shape index (κ3) is 3.41. The summed E-state index contributed by atoms with van der Waals surface area (Å²) in [6.07, 6.45) is 6.05. The second kappa shape index (κ2) is 6.41. The molecule has 4 heteroatoms. The molecule has 0 aromatic carbocycles. The van der Waals surface area contributed by atoms with Gasteiger partial charge in [0.15, 0.2) is 5.78 Å². The molecule has 3 heterocycles. The van der Waals surface area contributed by atoms with Crippen molar-refractivity contribution in [2.75, 3.05) is 13.1 Å². The third-order valence-corrected chi connectivity index (χ3v) is 3.59. The number of Topliss-reactive ketones (excluding diaryl/α,β-unsaturated/α-hetero) is 1. The summed E-state index contributed by atoms with van der Waals surface area (Å²) in [5.41, 5.74) is 2.57. The molecule has 0 saturated carbocycles. The number of nitrogens with one attached hydrogen (secondary N) is 1. The van der Waals surface area contributed by atoms with Crippen molar-refractivity contribution in [1.82, 2.24) is 15.3 Å². The molecule has 1 aliphatic heterocycles. The van der Waals surface area contributed by atoms with Crippen molar-refractivity contribution in [2.45, 2.75) is 6.42 Å². The predicted octanol–water partition coefficient (Wildman–Crippen LogP) is 1.89. The lowest BCUT2D eigenvalue weighted by Crippen LogP contribution is -2.40. The molecule has 0 unspecified atom stereocenters. The molecule has 1 atom stereocenters. The molecular formula is C17H17N3O. The van der Waals surface area contributed by atoms with Gasteiger partial charge in [-0.3, -0.25) is 14.8 Å². The number of hydrogen-bond acceptors (Lipinski definition) is 4. The van der Waals surface area contributed by atoms with Crippen LogP contribution in [0.4, 0.5) is 0 Å². The van der Waals surface area contributed by atoms with Gasteiger partial charge in [0.25, 0.3) is 0 Å². The molecule has 1 saturated heterocycles. The number of aromatic nitrogens is 2. The molecule has 0 amide bonds. The zero-order valence-corrected chi connectivity index (χ0v) is 11.7. The topological polar surface area (TPSA) is 54.9 Å². The first-order valence-corrected chi connectivity index (χ1v) is 7.09. The number of pyridine rings is 2. The molecular weight excluding hydrogens is 262 g/mol. The summed E-state index contributed by atoms with van der Waals surface area (Å²) in [6, 6.07) is 11.5. The molecule has 0 bridgehead atoms. The van der Waals surface area contributed by atoms with E-state index in [-0.39, 0.29) is 11.7 Å². The summed E-state index contributed by atoms with van der Waals surface area (Å²) in [5.74, 6) is 0.147. The number of nitrogens with zero attached hydrogens (tertiary/aromatic N) is 2. The van der Waals surface area contributed by atoms with Gasteiger partial charge in [0.1, 0.15) is 0 Å². The van der Waals surface area contributed by atoms with Gasteiger partial charge in [0, 0.05) is 49.1 Å². The van der Waals surface area contributed by atoms with Crippen molar-refractivity contribution in [3.05, 3.63) is 65.8 Å². The fourth-order valence-electron chi connectivity index (χ4n) is 2.52. The molecule has 2 aromatic heterocycles. The maximum absolute atomic E-state index is 12.6. The minimum Gasteiger partial charge on any atom is -0.312 e. The fraction of sp³-hybridized carbons (Fsp3) is 0.235. The van der Waals surface area contributed by atoms with E-state index < -0.39 is 0 Å². The highest BCUT2D eigenvalue weighted by molar-refractivity contribution is 6.02.